The van der Waals surface area contributed by atoms with Crippen LogP contribution in [0.15, 0.2) is 72.8 Å². The van der Waals surface area contributed by atoms with Gasteiger partial charge < -0.3 is 5.32 Å². The molecule has 0 aromatic heterocycles. The van der Waals surface area contributed by atoms with Crippen molar-refractivity contribution in [3.8, 4) is 0 Å². The number of carbonyl (C=O) groups excluding carboxylic acids is 2. The summed E-state index contributed by atoms with van der Waals surface area (Å²) in [5, 5.41) is 4.21. The van der Waals surface area contributed by atoms with E-state index >= 15 is 0 Å². The maximum atomic E-state index is 13.8. The van der Waals surface area contributed by atoms with Crippen LogP contribution in [0.4, 0.5) is 5.69 Å². The van der Waals surface area contributed by atoms with Crippen LogP contribution in [0, 0.1) is 0 Å². The van der Waals surface area contributed by atoms with E-state index in [2.05, 4.69) is 5.32 Å². The number of rotatable bonds is 2. The first-order chi connectivity index (χ1) is 14.5. The summed E-state index contributed by atoms with van der Waals surface area (Å²) in [6.45, 7) is 0. The minimum Gasteiger partial charge on any atom is -0.325 e. The van der Waals surface area contributed by atoms with Crippen LogP contribution in [0.25, 0.3) is 0 Å². The normalized spacial score (nSPS) is 25.3. The number of hydrogen-bond donors (Lipinski definition) is 1. The Morgan fingerprint density at radius 1 is 0.767 bits per heavy atom. The summed E-state index contributed by atoms with van der Waals surface area (Å²) in [6.07, 6.45) is 0.607. The lowest BCUT2D eigenvalue weighted by molar-refractivity contribution is -0.128. The number of ketones is 1. The topological polar surface area (TPSA) is 46.2 Å². The Kier molecular flexibility index (Phi) is 4.68. The molecule has 1 N–H and O–H groups in total. The van der Waals surface area contributed by atoms with Gasteiger partial charge in [-0.15, -0.1) is 0 Å². The Labute approximate surface area is 185 Å². The van der Waals surface area contributed by atoms with E-state index in [1.165, 1.54) is 0 Å². The second-order valence-corrected chi connectivity index (χ2v) is 8.90. The molecule has 1 amide bonds. The average molecular weight is 436 g/mol. The van der Waals surface area contributed by atoms with Crippen molar-refractivity contribution >= 4 is 40.6 Å². The van der Waals surface area contributed by atoms with Gasteiger partial charge in [0.15, 0.2) is 0 Å². The van der Waals surface area contributed by atoms with Crippen LogP contribution >= 0.6 is 23.2 Å². The Hall–Kier alpha value is -2.62. The molecule has 5 rings (SSSR count). The van der Waals surface area contributed by atoms with Crippen LogP contribution in [0.1, 0.15) is 41.4 Å². The second-order valence-electron chi connectivity index (χ2n) is 8.03. The monoisotopic (exact) mass is 435 g/mol. The van der Waals surface area contributed by atoms with Gasteiger partial charge in [0.05, 0.1) is 5.41 Å². The first-order valence-corrected chi connectivity index (χ1v) is 10.7. The molecular formula is C25H19Cl2NO2. The molecule has 150 valence electrons. The van der Waals surface area contributed by atoms with E-state index in [1.807, 2.05) is 60.7 Å². The van der Waals surface area contributed by atoms with E-state index in [9.17, 15) is 9.59 Å². The zero-order valence-electron chi connectivity index (χ0n) is 16.1. The largest absolute Gasteiger partial charge is 0.325 e. The van der Waals surface area contributed by atoms with Crippen LogP contribution in [-0.4, -0.2) is 11.7 Å². The molecule has 3 atom stereocenters. The highest BCUT2D eigenvalue weighted by molar-refractivity contribution is 6.31. The highest BCUT2D eigenvalue weighted by Gasteiger charge is 2.60. The molecule has 3 unspecified atom stereocenters. The van der Waals surface area contributed by atoms with Gasteiger partial charge in [-0.3, -0.25) is 9.59 Å². The molecule has 3 nitrogen and oxygen atoms in total. The van der Waals surface area contributed by atoms with Gasteiger partial charge in [0.25, 0.3) is 0 Å². The lowest BCUT2D eigenvalue weighted by Gasteiger charge is -2.46. The molecule has 1 saturated carbocycles. The van der Waals surface area contributed by atoms with Crippen LogP contribution < -0.4 is 5.32 Å². The van der Waals surface area contributed by atoms with Gasteiger partial charge in [0.2, 0.25) is 5.91 Å². The Balaban J connectivity index is 1.81. The number of benzene rings is 3. The zero-order valence-corrected chi connectivity index (χ0v) is 17.6. The molecule has 0 radical (unpaired) electrons. The van der Waals surface area contributed by atoms with Crippen LogP contribution in [0.3, 0.4) is 0 Å². The Morgan fingerprint density at radius 2 is 1.43 bits per heavy atom. The summed E-state index contributed by atoms with van der Waals surface area (Å²) in [7, 11) is 0. The van der Waals surface area contributed by atoms with E-state index in [0.717, 1.165) is 22.4 Å². The fourth-order valence-electron chi connectivity index (χ4n) is 5.29. The van der Waals surface area contributed by atoms with E-state index in [-0.39, 0.29) is 23.5 Å². The SMILES string of the molecule is O=C1CC(c2ccccc2)C2(C(=O)Nc3cc(Cl)ccc32)C(c2cccc(Cl)c2)C1. The number of hydrogen-bond acceptors (Lipinski definition) is 2. The molecule has 1 aliphatic carbocycles. The third-order valence-corrected chi connectivity index (χ3v) is 6.94. The fourth-order valence-corrected chi connectivity index (χ4v) is 5.67. The molecule has 3 aromatic rings. The summed E-state index contributed by atoms with van der Waals surface area (Å²) < 4.78 is 0. The molecule has 0 bridgehead atoms. The van der Waals surface area contributed by atoms with Gasteiger partial charge in [-0.1, -0.05) is 71.7 Å². The smallest absolute Gasteiger partial charge is 0.236 e. The molecular weight excluding hydrogens is 417 g/mol. The van der Waals surface area contributed by atoms with Crippen LogP contribution in [0.2, 0.25) is 10.0 Å². The summed E-state index contributed by atoms with van der Waals surface area (Å²) in [5.74, 6) is -0.558. The lowest BCUT2D eigenvalue weighted by Crippen LogP contribution is -2.50. The summed E-state index contributed by atoms with van der Waals surface area (Å²) in [5.41, 5.74) is 2.57. The van der Waals surface area contributed by atoms with Crippen LogP contribution in [-0.2, 0) is 15.0 Å². The number of nitrogens with one attached hydrogen (secondary N) is 1. The molecule has 1 spiro atoms. The number of halogens is 2. The molecule has 3 aromatic carbocycles. The van der Waals surface area contributed by atoms with Crippen molar-refractivity contribution in [1.82, 2.24) is 0 Å². The van der Waals surface area contributed by atoms with Crippen LogP contribution in [0.5, 0.6) is 0 Å². The van der Waals surface area contributed by atoms with Crippen molar-refractivity contribution in [1.29, 1.82) is 0 Å². The Morgan fingerprint density at radius 3 is 2.17 bits per heavy atom. The molecule has 30 heavy (non-hydrogen) atoms. The summed E-state index contributed by atoms with van der Waals surface area (Å²) in [4.78, 5) is 26.7. The number of fused-ring (bicyclic) bond motifs is 2. The molecule has 0 saturated heterocycles. The van der Waals surface area contributed by atoms with Crippen molar-refractivity contribution in [2.75, 3.05) is 5.32 Å². The maximum absolute atomic E-state index is 13.8. The van der Waals surface area contributed by atoms with Gasteiger partial charge in [0, 0.05) is 40.4 Å². The van der Waals surface area contributed by atoms with E-state index in [0.29, 0.717) is 22.9 Å². The number of anilines is 1. The first-order valence-electron chi connectivity index (χ1n) is 9.93. The minimum atomic E-state index is -0.917. The number of carbonyl (C=O) groups is 2. The average Bonchev–Trinajstić information content (AvgIpc) is 3.01. The third kappa shape index (κ3) is 2.88. The quantitative estimate of drug-likeness (QED) is 0.527. The highest BCUT2D eigenvalue weighted by atomic mass is 35.5. The highest BCUT2D eigenvalue weighted by Crippen LogP contribution is 2.60. The van der Waals surface area contributed by atoms with Gasteiger partial charge in [-0.05, 0) is 41.0 Å². The summed E-state index contributed by atoms with van der Waals surface area (Å²) in [6, 6.07) is 22.9. The Bertz CT molecular complexity index is 1160. The zero-order chi connectivity index (χ0) is 20.9. The van der Waals surface area contributed by atoms with E-state index in [1.54, 1.807) is 12.1 Å². The van der Waals surface area contributed by atoms with Gasteiger partial charge in [0.1, 0.15) is 5.78 Å². The first kappa shape index (κ1) is 19.3. The third-order valence-electron chi connectivity index (χ3n) is 6.47. The molecule has 5 heteroatoms. The predicted molar refractivity (Wildman–Crippen MR) is 119 cm³/mol. The van der Waals surface area contributed by atoms with E-state index < -0.39 is 5.41 Å². The van der Waals surface area contributed by atoms with Gasteiger partial charge >= 0.3 is 0 Å². The second kappa shape index (κ2) is 7.26. The number of Topliss-reactive ketones (excluding diaryl/α,β-unsaturated/α-hetero) is 1. The molecule has 1 heterocycles. The molecule has 2 aliphatic rings. The van der Waals surface area contributed by atoms with Crippen molar-refractivity contribution in [3.63, 3.8) is 0 Å². The van der Waals surface area contributed by atoms with Crippen molar-refractivity contribution < 1.29 is 9.59 Å². The molecule has 1 fully saturated rings. The van der Waals surface area contributed by atoms with Gasteiger partial charge in [-0.2, -0.15) is 0 Å². The van der Waals surface area contributed by atoms with Crippen molar-refractivity contribution in [2.45, 2.75) is 30.1 Å². The minimum absolute atomic E-state index is 0.0916. The summed E-state index contributed by atoms with van der Waals surface area (Å²) >= 11 is 12.5. The van der Waals surface area contributed by atoms with Gasteiger partial charge in [-0.25, -0.2) is 0 Å². The number of amides is 1. The predicted octanol–water partition coefficient (Wildman–Crippen LogP) is 6.11. The van der Waals surface area contributed by atoms with Crippen molar-refractivity contribution in [2.24, 2.45) is 0 Å². The maximum Gasteiger partial charge on any atom is 0.236 e. The lowest BCUT2D eigenvalue weighted by atomic mass is 9.54. The fraction of sp³-hybridized carbons (Fsp3) is 0.200. The molecule has 1 aliphatic heterocycles. The standard InChI is InChI=1S/C25H19Cl2NO2/c26-17-8-4-7-16(11-17)22-14-19(29)13-21(15-5-2-1-3-6-15)25(22)20-10-9-18(27)12-23(20)28-24(25)30/h1-12,21-22H,13-14H2,(H,28,30). The van der Waals surface area contributed by atoms with Crippen molar-refractivity contribution in [3.05, 3.63) is 99.5 Å². The van der Waals surface area contributed by atoms with E-state index in [4.69, 9.17) is 23.2 Å².